The number of benzene rings is 3. The number of fused-ring (bicyclic) bond motifs is 1. The molecule has 1 atom stereocenters. The first kappa shape index (κ1) is 23.4. The van der Waals surface area contributed by atoms with Crippen molar-refractivity contribution in [3.63, 3.8) is 0 Å². The number of ether oxygens (including phenoxy) is 1. The van der Waals surface area contributed by atoms with Crippen LogP contribution < -0.4 is 9.64 Å². The van der Waals surface area contributed by atoms with Crippen LogP contribution in [0.25, 0.3) is 16.0 Å². The fraction of sp³-hybridized carbons (Fsp3) is 0.115. The molecule has 1 aliphatic rings. The van der Waals surface area contributed by atoms with Gasteiger partial charge in [0.15, 0.2) is 5.13 Å². The smallest absolute Gasteiger partial charge is 0.301 e. The highest BCUT2D eigenvalue weighted by Gasteiger charge is 2.48. The van der Waals surface area contributed by atoms with Gasteiger partial charge in [-0.15, -0.1) is 0 Å². The van der Waals surface area contributed by atoms with Crippen LogP contribution in [-0.4, -0.2) is 28.9 Å². The lowest BCUT2D eigenvalue weighted by molar-refractivity contribution is -0.132. The summed E-state index contributed by atoms with van der Waals surface area (Å²) in [7, 11) is 1.50. The number of aromatic nitrogens is 1. The largest absolute Gasteiger partial charge is 0.507 e. The molecule has 0 saturated carbocycles. The number of rotatable bonds is 4. The molecule has 3 aromatic carbocycles. The number of aryl methyl sites for hydroxylation is 1. The topological polar surface area (TPSA) is 79.7 Å². The Hall–Kier alpha value is -3.39. The Morgan fingerprint density at radius 2 is 1.86 bits per heavy atom. The zero-order valence-electron chi connectivity index (χ0n) is 18.6. The van der Waals surface area contributed by atoms with Crippen LogP contribution in [-0.2, 0) is 9.59 Å². The Balaban J connectivity index is 1.75. The van der Waals surface area contributed by atoms with E-state index >= 15 is 0 Å². The molecule has 1 aliphatic heterocycles. The van der Waals surface area contributed by atoms with Gasteiger partial charge < -0.3 is 9.84 Å². The molecule has 4 aromatic rings. The van der Waals surface area contributed by atoms with Crippen LogP contribution in [0.2, 0.25) is 10.0 Å². The van der Waals surface area contributed by atoms with Gasteiger partial charge in [0.1, 0.15) is 11.5 Å². The summed E-state index contributed by atoms with van der Waals surface area (Å²) >= 11 is 13.7. The highest BCUT2D eigenvalue weighted by atomic mass is 35.5. The van der Waals surface area contributed by atoms with Gasteiger partial charge in [-0.2, -0.15) is 0 Å². The summed E-state index contributed by atoms with van der Waals surface area (Å²) in [5.74, 6) is -1.44. The molecule has 176 valence electrons. The average molecular weight is 525 g/mol. The number of aliphatic hydroxyl groups is 1. The summed E-state index contributed by atoms with van der Waals surface area (Å²) in [5, 5.41) is 12.2. The number of hydrogen-bond acceptors (Lipinski definition) is 6. The average Bonchev–Trinajstić information content (AvgIpc) is 3.38. The number of hydrogen-bond donors (Lipinski definition) is 1. The maximum absolute atomic E-state index is 13.4. The first-order valence-electron chi connectivity index (χ1n) is 10.6. The van der Waals surface area contributed by atoms with E-state index in [1.165, 1.54) is 23.3 Å². The summed E-state index contributed by atoms with van der Waals surface area (Å²) < 4.78 is 6.13. The van der Waals surface area contributed by atoms with Gasteiger partial charge in [-0.05, 0) is 54.4 Å². The van der Waals surface area contributed by atoms with E-state index in [-0.39, 0.29) is 16.4 Å². The highest BCUT2D eigenvalue weighted by Crippen LogP contribution is 2.45. The monoisotopic (exact) mass is 524 g/mol. The molecule has 1 saturated heterocycles. The minimum Gasteiger partial charge on any atom is -0.507 e. The molecule has 5 rings (SSSR count). The first-order valence-corrected chi connectivity index (χ1v) is 12.1. The molecule has 1 aromatic heterocycles. The summed E-state index contributed by atoms with van der Waals surface area (Å²) in [6, 6.07) is 16.3. The van der Waals surface area contributed by atoms with Crippen molar-refractivity contribution in [2.45, 2.75) is 13.0 Å². The molecule has 0 radical (unpaired) electrons. The van der Waals surface area contributed by atoms with E-state index in [0.717, 1.165) is 10.3 Å². The van der Waals surface area contributed by atoms with E-state index in [1.54, 1.807) is 42.5 Å². The maximum Gasteiger partial charge on any atom is 0.301 e. The Morgan fingerprint density at radius 3 is 2.60 bits per heavy atom. The zero-order valence-corrected chi connectivity index (χ0v) is 20.9. The van der Waals surface area contributed by atoms with Gasteiger partial charge in [-0.25, -0.2) is 4.98 Å². The molecule has 1 fully saturated rings. The Bertz CT molecular complexity index is 1550. The van der Waals surface area contributed by atoms with E-state index < -0.39 is 17.7 Å². The number of carbonyl (C=O) groups excluding carboxylic acids is 2. The van der Waals surface area contributed by atoms with Crippen LogP contribution >= 0.6 is 34.5 Å². The Morgan fingerprint density at radius 1 is 1.06 bits per heavy atom. The van der Waals surface area contributed by atoms with Crippen molar-refractivity contribution in [1.82, 2.24) is 4.98 Å². The number of aliphatic hydroxyl groups excluding tert-OH is 1. The normalized spacial score (nSPS) is 17.4. The van der Waals surface area contributed by atoms with Crippen molar-refractivity contribution in [2.75, 3.05) is 12.0 Å². The Kier molecular flexibility index (Phi) is 6.01. The Labute approximate surface area is 215 Å². The van der Waals surface area contributed by atoms with E-state index in [9.17, 15) is 14.7 Å². The van der Waals surface area contributed by atoms with E-state index in [2.05, 4.69) is 4.98 Å². The van der Waals surface area contributed by atoms with Crippen LogP contribution in [0.15, 0.2) is 66.2 Å². The molecule has 6 nitrogen and oxygen atoms in total. The van der Waals surface area contributed by atoms with Gasteiger partial charge >= 0.3 is 5.91 Å². The van der Waals surface area contributed by atoms with Gasteiger partial charge in [0.25, 0.3) is 5.78 Å². The lowest BCUT2D eigenvalue weighted by Crippen LogP contribution is -2.29. The van der Waals surface area contributed by atoms with Gasteiger partial charge in [0.05, 0.1) is 39.0 Å². The molecule has 1 unspecified atom stereocenters. The third-order valence-corrected chi connectivity index (χ3v) is 7.54. The zero-order chi connectivity index (χ0) is 24.9. The standard InChI is InChI=1S/C26H18Cl2N2O4S/c1-13-6-9-19-20(10-13)35-26(29-19)30-22(14-7-8-17(27)18(28)12-14)21(24(32)25(30)33)23(31)15-4-3-5-16(11-15)34-2/h3-12,22,31H,1-2H3. The number of amides is 1. The van der Waals surface area contributed by atoms with Crippen molar-refractivity contribution < 1.29 is 19.4 Å². The first-order chi connectivity index (χ1) is 16.8. The molecular weight excluding hydrogens is 507 g/mol. The molecule has 1 amide bonds. The van der Waals surface area contributed by atoms with Crippen molar-refractivity contribution in [1.29, 1.82) is 0 Å². The van der Waals surface area contributed by atoms with Gasteiger partial charge in [-0.3, -0.25) is 14.5 Å². The number of carbonyl (C=O) groups is 2. The highest BCUT2D eigenvalue weighted by molar-refractivity contribution is 7.22. The third kappa shape index (κ3) is 4.05. The van der Waals surface area contributed by atoms with Crippen LogP contribution in [0.4, 0.5) is 5.13 Å². The lowest BCUT2D eigenvalue weighted by atomic mass is 9.95. The summed E-state index contributed by atoms with van der Waals surface area (Å²) in [6.45, 7) is 1.97. The van der Waals surface area contributed by atoms with E-state index in [1.807, 2.05) is 25.1 Å². The quantitative estimate of drug-likeness (QED) is 0.186. The molecule has 0 bridgehead atoms. The third-order valence-electron chi connectivity index (χ3n) is 5.79. The minimum atomic E-state index is -0.961. The number of halogens is 2. The van der Waals surface area contributed by atoms with Crippen molar-refractivity contribution in [3.05, 3.63) is 93.0 Å². The molecule has 35 heavy (non-hydrogen) atoms. The van der Waals surface area contributed by atoms with Crippen LogP contribution in [0.5, 0.6) is 5.75 Å². The summed E-state index contributed by atoms with van der Waals surface area (Å²) in [6.07, 6.45) is 0. The van der Waals surface area contributed by atoms with Crippen molar-refractivity contribution >= 4 is 67.3 Å². The maximum atomic E-state index is 13.4. The van der Waals surface area contributed by atoms with Crippen molar-refractivity contribution in [2.24, 2.45) is 0 Å². The second-order valence-corrected chi connectivity index (χ2v) is 9.87. The van der Waals surface area contributed by atoms with Gasteiger partial charge in [0.2, 0.25) is 0 Å². The van der Waals surface area contributed by atoms with E-state index in [4.69, 9.17) is 27.9 Å². The molecular formula is C26H18Cl2N2O4S. The fourth-order valence-electron chi connectivity index (χ4n) is 4.08. The molecule has 2 heterocycles. The lowest BCUT2D eigenvalue weighted by Gasteiger charge is -2.23. The number of anilines is 1. The number of Topliss-reactive ketones (excluding diaryl/α,β-unsaturated/α-hetero) is 1. The molecule has 9 heteroatoms. The van der Waals surface area contributed by atoms with E-state index in [0.29, 0.717) is 32.5 Å². The fourth-order valence-corrected chi connectivity index (χ4v) is 5.47. The molecule has 1 N–H and O–H groups in total. The summed E-state index contributed by atoms with van der Waals surface area (Å²) in [4.78, 5) is 32.6. The number of thiazole rings is 1. The van der Waals surface area contributed by atoms with Crippen LogP contribution in [0, 0.1) is 6.92 Å². The molecule has 0 spiro atoms. The minimum absolute atomic E-state index is 0.0721. The number of ketones is 1. The van der Waals surface area contributed by atoms with Crippen molar-refractivity contribution in [3.8, 4) is 5.75 Å². The predicted octanol–water partition coefficient (Wildman–Crippen LogP) is 6.55. The predicted molar refractivity (Wildman–Crippen MR) is 139 cm³/mol. The molecule has 0 aliphatic carbocycles. The van der Waals surface area contributed by atoms with Gasteiger partial charge in [0, 0.05) is 5.56 Å². The van der Waals surface area contributed by atoms with Crippen LogP contribution in [0.1, 0.15) is 22.7 Å². The van der Waals surface area contributed by atoms with Gasteiger partial charge in [-0.1, -0.05) is 58.8 Å². The number of nitrogens with zero attached hydrogens (tertiary/aromatic N) is 2. The number of methoxy groups -OCH3 is 1. The van der Waals surface area contributed by atoms with Crippen LogP contribution in [0.3, 0.4) is 0 Å². The SMILES string of the molecule is COc1cccc(C(O)=C2C(=O)C(=O)N(c3nc4ccc(C)cc4s3)C2c2ccc(Cl)c(Cl)c2)c1. The second-order valence-electron chi connectivity index (χ2n) is 8.04. The summed E-state index contributed by atoms with van der Waals surface area (Å²) in [5.41, 5.74) is 2.54. The second kappa shape index (κ2) is 9.00.